The minimum absolute atomic E-state index is 0.425. The molecule has 1 rings (SSSR count). The van der Waals surface area contributed by atoms with Crippen LogP contribution >= 0.6 is 0 Å². The molecule has 4 nitrogen and oxygen atoms in total. The second-order valence-electron chi connectivity index (χ2n) is 4.96. The van der Waals surface area contributed by atoms with Crippen LogP contribution in [0, 0.1) is 0 Å². The van der Waals surface area contributed by atoms with E-state index in [2.05, 4.69) is 0 Å². The van der Waals surface area contributed by atoms with Crippen LogP contribution in [0.1, 0.15) is 27.2 Å². The van der Waals surface area contributed by atoms with E-state index in [1.165, 1.54) is 28.1 Å². The third-order valence-corrected chi connectivity index (χ3v) is 3.28. The zero-order chi connectivity index (χ0) is 13.2. The molecule has 5 atom stereocenters. The molecule has 5 unspecified atom stereocenters. The maximum Gasteiger partial charge on any atom is 0.134 e. The van der Waals surface area contributed by atoms with Crippen molar-refractivity contribution in [3.05, 3.63) is 0 Å². The van der Waals surface area contributed by atoms with Gasteiger partial charge in [0.05, 0.1) is 6.10 Å². The molecule has 1 fully saturated rings. The Hall–Kier alpha value is -0.230. The molecule has 0 radical (unpaired) electrons. The molecule has 1 aliphatic heterocycles. The Kier molecular flexibility index (Phi) is 4.89. The Morgan fingerprint density at radius 2 is 1.76 bits per heavy atom. The molecule has 1 N–H and O–H groups in total. The Morgan fingerprint density at radius 3 is 2.12 bits per heavy atom. The summed E-state index contributed by atoms with van der Waals surface area (Å²) >= 11 is 0. The van der Waals surface area contributed by atoms with Gasteiger partial charge in [0, 0.05) is 14.2 Å². The lowest BCUT2D eigenvalue weighted by Crippen LogP contribution is -2.63. The van der Waals surface area contributed by atoms with Crippen molar-refractivity contribution in [2.45, 2.75) is 63.4 Å². The summed E-state index contributed by atoms with van der Waals surface area (Å²) in [6.45, 7) is 4.78. The summed E-state index contributed by atoms with van der Waals surface area (Å²) in [4.78, 5) is 0. The van der Waals surface area contributed by atoms with Gasteiger partial charge in [-0.15, -0.1) is 0 Å². The van der Waals surface area contributed by atoms with Gasteiger partial charge in [-0.3, -0.25) is 0 Å². The van der Waals surface area contributed by atoms with E-state index in [1.807, 2.05) is 6.92 Å². The second kappa shape index (κ2) is 5.61. The van der Waals surface area contributed by atoms with Crippen LogP contribution < -0.4 is 0 Å². The van der Waals surface area contributed by atoms with E-state index in [-0.39, 0.29) is 0 Å². The van der Waals surface area contributed by atoms with Crippen molar-refractivity contribution in [1.82, 2.24) is 0 Å². The van der Waals surface area contributed by atoms with Crippen LogP contribution in [0.25, 0.3) is 0 Å². The smallest absolute Gasteiger partial charge is 0.134 e. The quantitative estimate of drug-likeness (QED) is 0.817. The van der Waals surface area contributed by atoms with Gasteiger partial charge < -0.3 is 19.3 Å². The zero-order valence-electron chi connectivity index (χ0n) is 11.1. The Morgan fingerprint density at radius 1 is 1.24 bits per heavy atom. The summed E-state index contributed by atoms with van der Waals surface area (Å²) in [5.74, 6) is 0. The summed E-state index contributed by atoms with van der Waals surface area (Å²) in [6.07, 6.45) is -2.55. The van der Waals surface area contributed by atoms with Gasteiger partial charge >= 0.3 is 0 Å². The summed E-state index contributed by atoms with van der Waals surface area (Å²) in [5, 5.41) is 10.1. The van der Waals surface area contributed by atoms with Crippen molar-refractivity contribution in [1.29, 1.82) is 0 Å². The highest BCUT2D eigenvalue weighted by Crippen LogP contribution is 2.33. The van der Waals surface area contributed by atoms with Gasteiger partial charge in [0.1, 0.15) is 30.1 Å². The van der Waals surface area contributed by atoms with Crippen molar-refractivity contribution in [2.24, 2.45) is 0 Å². The average molecular weight is 250 g/mol. The normalized spacial score (nSPS) is 39.4. The van der Waals surface area contributed by atoms with Gasteiger partial charge in [0.15, 0.2) is 0 Å². The standard InChI is InChI=1S/C12H23FO4/c1-6-7-8(14)9(15-4)10(16-5)11(17-7)12(2,3)13/h7-11,14H,6H2,1-5H3. The lowest BCUT2D eigenvalue weighted by Gasteiger charge is -2.46. The molecule has 0 saturated carbocycles. The van der Waals surface area contributed by atoms with E-state index in [1.54, 1.807) is 0 Å². The monoisotopic (exact) mass is 250 g/mol. The fourth-order valence-corrected chi connectivity index (χ4v) is 2.35. The molecule has 1 aliphatic rings. The molecule has 5 heteroatoms. The molecule has 0 aliphatic carbocycles. The number of aliphatic hydroxyl groups is 1. The van der Waals surface area contributed by atoms with Crippen LogP contribution in [0.3, 0.4) is 0 Å². The molecule has 102 valence electrons. The average Bonchev–Trinajstić information content (AvgIpc) is 2.26. The number of ether oxygens (including phenoxy) is 3. The number of halogens is 1. The first-order chi connectivity index (χ1) is 7.86. The van der Waals surface area contributed by atoms with Crippen molar-refractivity contribution in [2.75, 3.05) is 14.2 Å². The van der Waals surface area contributed by atoms with Crippen LogP contribution in [-0.2, 0) is 14.2 Å². The fraction of sp³-hybridized carbons (Fsp3) is 1.00. The van der Waals surface area contributed by atoms with Crippen molar-refractivity contribution < 1.29 is 23.7 Å². The number of hydrogen-bond donors (Lipinski definition) is 1. The molecule has 17 heavy (non-hydrogen) atoms. The van der Waals surface area contributed by atoms with E-state index in [9.17, 15) is 9.50 Å². The second-order valence-corrected chi connectivity index (χ2v) is 4.96. The van der Waals surface area contributed by atoms with Gasteiger partial charge in [-0.05, 0) is 20.3 Å². The first-order valence-electron chi connectivity index (χ1n) is 5.94. The first-order valence-corrected chi connectivity index (χ1v) is 5.94. The fourth-order valence-electron chi connectivity index (χ4n) is 2.35. The molecule has 0 amide bonds. The number of methoxy groups -OCH3 is 2. The Labute approximate surface area is 102 Å². The first kappa shape index (κ1) is 14.8. The van der Waals surface area contributed by atoms with Gasteiger partial charge in [-0.2, -0.15) is 0 Å². The van der Waals surface area contributed by atoms with Crippen LogP contribution in [0.5, 0.6) is 0 Å². The molecule has 0 aromatic heterocycles. The van der Waals surface area contributed by atoms with E-state index < -0.39 is 36.2 Å². The third kappa shape index (κ3) is 2.96. The lowest BCUT2D eigenvalue weighted by molar-refractivity contribution is -0.259. The largest absolute Gasteiger partial charge is 0.388 e. The van der Waals surface area contributed by atoms with Crippen LogP contribution in [-0.4, -0.2) is 55.5 Å². The highest BCUT2D eigenvalue weighted by molar-refractivity contribution is 4.99. The maximum atomic E-state index is 14.1. The van der Waals surface area contributed by atoms with Gasteiger partial charge in [0.2, 0.25) is 0 Å². The molecule has 0 aromatic rings. The SMILES string of the molecule is CCC1OC(C(C)(C)F)C(OC)C(OC)C1O. The van der Waals surface area contributed by atoms with Crippen molar-refractivity contribution in [3.8, 4) is 0 Å². The van der Waals surface area contributed by atoms with E-state index in [0.29, 0.717) is 6.42 Å². The topological polar surface area (TPSA) is 47.9 Å². The zero-order valence-corrected chi connectivity index (χ0v) is 11.1. The summed E-state index contributed by atoms with van der Waals surface area (Å²) < 4.78 is 30.2. The Bertz CT molecular complexity index is 241. The van der Waals surface area contributed by atoms with Crippen LogP contribution in [0.15, 0.2) is 0 Å². The summed E-state index contributed by atoms with van der Waals surface area (Å²) in [5.41, 5.74) is -1.55. The van der Waals surface area contributed by atoms with Crippen molar-refractivity contribution in [3.63, 3.8) is 0 Å². The highest BCUT2D eigenvalue weighted by atomic mass is 19.1. The molecule has 0 bridgehead atoms. The Balaban J connectivity index is 2.97. The minimum atomic E-state index is -1.55. The number of hydrogen-bond acceptors (Lipinski definition) is 4. The summed E-state index contributed by atoms with van der Waals surface area (Å²) in [7, 11) is 2.96. The van der Waals surface area contributed by atoms with Gasteiger partial charge in [0.25, 0.3) is 0 Å². The number of alkyl halides is 1. The van der Waals surface area contributed by atoms with Crippen molar-refractivity contribution >= 4 is 0 Å². The van der Waals surface area contributed by atoms with Crippen LogP contribution in [0.2, 0.25) is 0 Å². The molecule has 0 aromatic carbocycles. The van der Waals surface area contributed by atoms with Crippen LogP contribution in [0.4, 0.5) is 4.39 Å². The summed E-state index contributed by atoms with van der Waals surface area (Å²) in [6, 6.07) is 0. The third-order valence-electron chi connectivity index (χ3n) is 3.28. The predicted molar refractivity (Wildman–Crippen MR) is 61.7 cm³/mol. The maximum absolute atomic E-state index is 14.1. The lowest BCUT2D eigenvalue weighted by atomic mass is 9.87. The molecular formula is C12H23FO4. The minimum Gasteiger partial charge on any atom is -0.388 e. The van der Waals surface area contributed by atoms with E-state index in [0.717, 1.165) is 0 Å². The van der Waals surface area contributed by atoms with Gasteiger partial charge in [-0.25, -0.2) is 4.39 Å². The molecule has 1 saturated heterocycles. The van der Waals surface area contributed by atoms with E-state index >= 15 is 0 Å². The predicted octanol–water partition coefficient (Wildman–Crippen LogP) is 1.30. The number of aliphatic hydroxyl groups excluding tert-OH is 1. The molecule has 1 heterocycles. The molecular weight excluding hydrogens is 227 g/mol. The molecule has 0 spiro atoms. The van der Waals surface area contributed by atoms with Gasteiger partial charge in [-0.1, -0.05) is 6.92 Å². The highest BCUT2D eigenvalue weighted by Gasteiger charge is 2.50. The van der Waals surface area contributed by atoms with E-state index in [4.69, 9.17) is 14.2 Å². The number of rotatable bonds is 4.